The largest absolute Gasteiger partial charge is 0.503 e. The Morgan fingerprint density at radius 1 is 0.892 bits per heavy atom. The highest BCUT2D eigenvalue weighted by Crippen LogP contribution is 2.30. The molecule has 37 heavy (non-hydrogen) atoms. The maximum atomic E-state index is 14.7. The number of halogens is 2. The summed E-state index contributed by atoms with van der Waals surface area (Å²) in [5, 5.41) is 9.39. The number of hydrogen-bond acceptors (Lipinski definition) is 4. The van der Waals surface area contributed by atoms with Crippen LogP contribution in [0, 0.1) is 23.5 Å². The molecule has 1 N–H and O–H groups in total. The molecule has 0 atom stereocenters. The molecule has 3 rings (SSSR count). The van der Waals surface area contributed by atoms with Crippen LogP contribution in [0.3, 0.4) is 0 Å². The molecule has 0 unspecified atom stereocenters. The van der Waals surface area contributed by atoms with Crippen LogP contribution in [0.4, 0.5) is 14.5 Å². The lowest BCUT2D eigenvalue weighted by Gasteiger charge is -2.27. The minimum atomic E-state index is -1.06. The number of rotatable bonds is 7. The van der Waals surface area contributed by atoms with Crippen LogP contribution in [0.15, 0.2) is 106 Å². The van der Waals surface area contributed by atoms with E-state index in [1.807, 2.05) is 74.3 Å². The molecule has 0 heterocycles. The number of allylic oxidation sites excluding steroid dienone is 7. The molecule has 0 fully saturated rings. The highest BCUT2D eigenvalue weighted by molar-refractivity contribution is 5.71. The van der Waals surface area contributed by atoms with E-state index in [0.29, 0.717) is 11.1 Å². The number of anilines is 1. The summed E-state index contributed by atoms with van der Waals surface area (Å²) in [7, 11) is 0. The van der Waals surface area contributed by atoms with E-state index in [2.05, 4.69) is 18.4 Å². The molecule has 3 aromatic carbocycles. The normalized spacial score (nSPS) is 12.2. The van der Waals surface area contributed by atoms with Crippen LogP contribution in [-0.2, 0) is 0 Å². The predicted molar refractivity (Wildman–Crippen MR) is 145 cm³/mol. The van der Waals surface area contributed by atoms with Crippen LogP contribution in [0.2, 0.25) is 0 Å². The van der Waals surface area contributed by atoms with E-state index >= 15 is 0 Å². The van der Waals surface area contributed by atoms with Crippen molar-refractivity contribution in [3.05, 3.63) is 140 Å². The second-order valence-electron chi connectivity index (χ2n) is 7.86. The van der Waals surface area contributed by atoms with E-state index in [1.165, 1.54) is 0 Å². The van der Waals surface area contributed by atoms with Gasteiger partial charge in [-0.1, -0.05) is 54.9 Å². The fraction of sp³-hybridized carbons (Fsp3) is 0.0968. The van der Waals surface area contributed by atoms with Crippen LogP contribution in [0.25, 0.3) is 11.1 Å². The van der Waals surface area contributed by atoms with Gasteiger partial charge in [0.15, 0.2) is 5.75 Å². The van der Waals surface area contributed by atoms with Crippen LogP contribution < -0.4 is 15.8 Å². The van der Waals surface area contributed by atoms with Gasteiger partial charge in [-0.25, -0.2) is 8.78 Å². The molecule has 0 aromatic heterocycles. The Balaban J connectivity index is 2.00. The Morgan fingerprint density at radius 2 is 1.51 bits per heavy atom. The highest BCUT2D eigenvalue weighted by Gasteiger charge is 2.19. The standard InChI is InChI=1S/C31H25F2NO3/c1-5-9-11-23(8-4)34(22(7-3)10-6-2)24-14-12-20(13-15-24)21-18-27(32)25(28(33)19-21)16-17-26-29(35)31(37)30(26)36/h5-15,18-19,35H,4H2,1-3H3/b9-5-,10-6-,22-7+,23-11+. The average Bonchev–Trinajstić information content (AvgIpc) is 2.91. The molecule has 0 aliphatic rings. The fourth-order valence-electron chi connectivity index (χ4n) is 3.63. The molecule has 0 bridgehead atoms. The Bertz CT molecular complexity index is 1560. The molecule has 0 amide bonds. The van der Waals surface area contributed by atoms with E-state index in [9.17, 15) is 23.5 Å². The molecule has 0 saturated carbocycles. The van der Waals surface area contributed by atoms with Crippen molar-refractivity contribution in [2.75, 3.05) is 4.90 Å². The Labute approximate surface area is 214 Å². The van der Waals surface area contributed by atoms with Gasteiger partial charge < -0.3 is 10.0 Å². The summed E-state index contributed by atoms with van der Waals surface area (Å²) in [6, 6.07) is 9.46. The van der Waals surface area contributed by atoms with E-state index in [-0.39, 0.29) is 0 Å². The van der Waals surface area contributed by atoms with Crippen LogP contribution in [0.5, 0.6) is 5.75 Å². The van der Waals surface area contributed by atoms with Crippen LogP contribution in [0.1, 0.15) is 31.9 Å². The third kappa shape index (κ3) is 5.57. The quantitative estimate of drug-likeness (QED) is 0.238. The summed E-state index contributed by atoms with van der Waals surface area (Å²) in [5.74, 6) is 1.73. The van der Waals surface area contributed by atoms with Crippen LogP contribution >= 0.6 is 0 Å². The SMILES string of the molecule is C=C/C(=C\C=C/C)N(C(/C=C\C)=C/C)c1ccc(-c2cc(F)c(C#Cc3c(O)c(=O)c3=O)c(F)c2)cc1. The van der Waals surface area contributed by atoms with Crippen molar-refractivity contribution in [3.8, 4) is 28.7 Å². The smallest absolute Gasteiger partial charge is 0.270 e. The average molecular weight is 498 g/mol. The first-order valence-corrected chi connectivity index (χ1v) is 11.5. The van der Waals surface area contributed by atoms with E-state index in [1.54, 1.807) is 18.2 Å². The minimum Gasteiger partial charge on any atom is -0.503 e. The van der Waals surface area contributed by atoms with Crippen molar-refractivity contribution in [3.63, 3.8) is 0 Å². The molecule has 0 radical (unpaired) electrons. The second-order valence-corrected chi connectivity index (χ2v) is 7.86. The molecule has 0 saturated heterocycles. The summed E-state index contributed by atoms with van der Waals surface area (Å²) in [4.78, 5) is 24.5. The Kier molecular flexibility index (Phi) is 8.55. The number of hydrogen-bond donors (Lipinski definition) is 1. The summed E-state index contributed by atoms with van der Waals surface area (Å²) in [6.07, 6.45) is 13.4. The monoisotopic (exact) mass is 497 g/mol. The van der Waals surface area contributed by atoms with Gasteiger partial charge in [0.1, 0.15) is 17.2 Å². The van der Waals surface area contributed by atoms with Crippen molar-refractivity contribution in [2.45, 2.75) is 20.8 Å². The van der Waals surface area contributed by atoms with Crippen LogP contribution in [-0.4, -0.2) is 5.11 Å². The van der Waals surface area contributed by atoms with Gasteiger partial charge in [-0.15, -0.1) is 0 Å². The third-order valence-electron chi connectivity index (χ3n) is 5.52. The zero-order valence-corrected chi connectivity index (χ0v) is 20.7. The van der Waals surface area contributed by atoms with Gasteiger partial charge in [0, 0.05) is 17.1 Å². The summed E-state index contributed by atoms with van der Waals surface area (Å²) < 4.78 is 29.5. The Morgan fingerprint density at radius 3 is 2.03 bits per heavy atom. The number of nitrogens with zero attached hydrogens (tertiary/aromatic N) is 1. The van der Waals surface area contributed by atoms with Crippen molar-refractivity contribution < 1.29 is 13.9 Å². The van der Waals surface area contributed by atoms with E-state index in [4.69, 9.17) is 0 Å². The van der Waals surface area contributed by atoms with Gasteiger partial charge in [0.25, 0.3) is 5.43 Å². The molecule has 4 nitrogen and oxygen atoms in total. The first kappa shape index (κ1) is 26.8. The maximum absolute atomic E-state index is 14.7. The van der Waals surface area contributed by atoms with Gasteiger partial charge in [-0.05, 0) is 74.4 Å². The second kappa shape index (κ2) is 11.8. The molecule has 3 aromatic rings. The molecule has 0 aliphatic carbocycles. The molecular weight excluding hydrogens is 472 g/mol. The van der Waals surface area contributed by atoms with E-state index < -0.39 is 39.4 Å². The molecule has 0 spiro atoms. The number of aromatic hydroxyl groups is 1. The predicted octanol–water partition coefficient (Wildman–Crippen LogP) is 6.27. The van der Waals surface area contributed by atoms with Crippen molar-refractivity contribution >= 4 is 5.69 Å². The van der Waals surface area contributed by atoms with Gasteiger partial charge in [-0.2, -0.15) is 0 Å². The topological polar surface area (TPSA) is 57.6 Å². The molecular formula is C31H25F2NO3. The zero-order chi connectivity index (χ0) is 27.1. The number of benzene rings is 2. The van der Waals surface area contributed by atoms with Gasteiger partial charge in [0.05, 0.1) is 5.56 Å². The first-order chi connectivity index (χ1) is 17.8. The summed E-state index contributed by atoms with van der Waals surface area (Å²) in [5.41, 5.74) is 0.391. The molecule has 186 valence electrons. The first-order valence-electron chi connectivity index (χ1n) is 11.5. The lowest BCUT2D eigenvalue weighted by atomic mass is 10.0. The van der Waals surface area contributed by atoms with Gasteiger partial charge in [0.2, 0.25) is 5.43 Å². The third-order valence-corrected chi connectivity index (χ3v) is 5.52. The Hall–Kier alpha value is -4.76. The summed E-state index contributed by atoms with van der Waals surface area (Å²) in [6.45, 7) is 9.71. The summed E-state index contributed by atoms with van der Waals surface area (Å²) >= 11 is 0. The lowest BCUT2D eigenvalue weighted by Crippen LogP contribution is -2.33. The van der Waals surface area contributed by atoms with Crippen molar-refractivity contribution in [1.82, 2.24) is 0 Å². The zero-order valence-electron chi connectivity index (χ0n) is 20.7. The lowest BCUT2D eigenvalue weighted by molar-refractivity contribution is 0.461. The minimum absolute atomic E-state index is 0.295. The molecule has 0 aliphatic heterocycles. The highest BCUT2D eigenvalue weighted by atomic mass is 19.1. The van der Waals surface area contributed by atoms with Crippen molar-refractivity contribution in [2.24, 2.45) is 0 Å². The maximum Gasteiger partial charge on any atom is 0.270 e. The van der Waals surface area contributed by atoms with Crippen molar-refractivity contribution in [1.29, 1.82) is 0 Å². The van der Waals surface area contributed by atoms with Gasteiger partial charge in [-0.3, -0.25) is 9.59 Å². The van der Waals surface area contributed by atoms with E-state index in [0.717, 1.165) is 29.2 Å². The van der Waals surface area contributed by atoms with Gasteiger partial charge >= 0.3 is 0 Å². The fourth-order valence-corrected chi connectivity index (χ4v) is 3.63. The molecule has 6 heteroatoms.